The summed E-state index contributed by atoms with van der Waals surface area (Å²) >= 11 is 0. The molecule has 14 heavy (non-hydrogen) atoms. The van der Waals surface area contributed by atoms with Crippen molar-refractivity contribution in [1.82, 2.24) is 10.2 Å². The first-order valence-electron chi connectivity index (χ1n) is 5.05. The molecule has 0 amide bonds. The molecule has 1 aromatic rings. The number of hydrogen-bond acceptors (Lipinski definition) is 3. The van der Waals surface area contributed by atoms with Crippen LogP contribution in [-0.4, -0.2) is 16.7 Å². The lowest BCUT2D eigenvalue weighted by atomic mass is 10.1. The maximum atomic E-state index is 10.7. The molecule has 76 valence electrons. The topological polar surface area (TPSA) is 57.8 Å². The lowest BCUT2D eigenvalue weighted by molar-refractivity contribution is 0.535. The molecule has 2 N–H and O–H groups in total. The Balaban J connectivity index is 1.84. The standard InChI is InChI=1S/C10H15N3O/c1-7(8-2-3-8)6-11-9-4-5-10(14)13-12-9/h4-5,7-8H,2-3,6H2,1H3,(H,11,12)(H,13,14). The molecule has 0 radical (unpaired) electrons. The van der Waals surface area contributed by atoms with Crippen molar-refractivity contribution in [2.45, 2.75) is 19.8 Å². The highest BCUT2D eigenvalue weighted by molar-refractivity contribution is 5.31. The predicted octanol–water partition coefficient (Wildman–Crippen LogP) is 1.23. The molecule has 1 saturated carbocycles. The van der Waals surface area contributed by atoms with Crippen LogP contribution in [0.15, 0.2) is 16.9 Å². The van der Waals surface area contributed by atoms with Gasteiger partial charge in [-0.1, -0.05) is 6.92 Å². The highest BCUT2D eigenvalue weighted by Crippen LogP contribution is 2.36. The third kappa shape index (κ3) is 2.34. The molecule has 1 aromatic heterocycles. The van der Waals surface area contributed by atoms with E-state index in [0.29, 0.717) is 5.92 Å². The van der Waals surface area contributed by atoms with E-state index in [1.165, 1.54) is 18.9 Å². The van der Waals surface area contributed by atoms with Gasteiger partial charge < -0.3 is 5.32 Å². The van der Waals surface area contributed by atoms with Gasteiger partial charge in [-0.05, 0) is 30.7 Å². The fourth-order valence-corrected chi connectivity index (χ4v) is 1.54. The van der Waals surface area contributed by atoms with Gasteiger partial charge in [-0.2, -0.15) is 5.10 Å². The lowest BCUT2D eigenvalue weighted by Crippen LogP contribution is -2.15. The van der Waals surface area contributed by atoms with E-state index < -0.39 is 0 Å². The van der Waals surface area contributed by atoms with E-state index in [4.69, 9.17) is 0 Å². The number of nitrogens with one attached hydrogen (secondary N) is 2. The molecule has 4 nitrogen and oxygen atoms in total. The zero-order valence-electron chi connectivity index (χ0n) is 8.29. The molecular weight excluding hydrogens is 178 g/mol. The van der Waals surface area contributed by atoms with E-state index in [2.05, 4.69) is 22.4 Å². The number of hydrogen-bond donors (Lipinski definition) is 2. The average Bonchev–Trinajstić information content (AvgIpc) is 3.00. The Hall–Kier alpha value is -1.32. The zero-order valence-corrected chi connectivity index (χ0v) is 8.29. The van der Waals surface area contributed by atoms with Crippen molar-refractivity contribution >= 4 is 5.82 Å². The summed E-state index contributed by atoms with van der Waals surface area (Å²) in [4.78, 5) is 10.7. The number of anilines is 1. The van der Waals surface area contributed by atoms with Crippen LogP contribution in [0.4, 0.5) is 5.82 Å². The summed E-state index contributed by atoms with van der Waals surface area (Å²) in [6, 6.07) is 3.19. The molecule has 4 heteroatoms. The van der Waals surface area contributed by atoms with Gasteiger partial charge in [0.15, 0.2) is 0 Å². The number of aromatic nitrogens is 2. The summed E-state index contributed by atoms with van der Waals surface area (Å²) in [7, 11) is 0. The van der Waals surface area contributed by atoms with Crippen molar-refractivity contribution in [2.24, 2.45) is 11.8 Å². The van der Waals surface area contributed by atoms with Gasteiger partial charge in [-0.25, -0.2) is 5.10 Å². The second kappa shape index (κ2) is 3.82. The molecule has 2 rings (SSSR count). The minimum Gasteiger partial charge on any atom is -0.368 e. The van der Waals surface area contributed by atoms with E-state index in [-0.39, 0.29) is 5.56 Å². The second-order valence-corrected chi connectivity index (χ2v) is 4.00. The van der Waals surface area contributed by atoms with Gasteiger partial charge in [-0.15, -0.1) is 0 Å². The quantitative estimate of drug-likeness (QED) is 0.756. The first-order valence-corrected chi connectivity index (χ1v) is 5.05. The van der Waals surface area contributed by atoms with Gasteiger partial charge in [0.25, 0.3) is 5.56 Å². The van der Waals surface area contributed by atoms with Crippen molar-refractivity contribution in [1.29, 1.82) is 0 Å². The molecule has 1 unspecified atom stereocenters. The Morgan fingerprint density at radius 3 is 3.00 bits per heavy atom. The lowest BCUT2D eigenvalue weighted by Gasteiger charge is -2.10. The Morgan fingerprint density at radius 2 is 2.43 bits per heavy atom. The molecule has 1 aliphatic carbocycles. The summed E-state index contributed by atoms with van der Waals surface area (Å²) in [5.41, 5.74) is -0.161. The van der Waals surface area contributed by atoms with E-state index in [1.54, 1.807) is 6.07 Å². The summed E-state index contributed by atoms with van der Waals surface area (Å²) in [6.45, 7) is 3.18. The Bertz CT molecular complexity index is 336. The fourth-order valence-electron chi connectivity index (χ4n) is 1.54. The Morgan fingerprint density at radius 1 is 1.64 bits per heavy atom. The molecule has 0 spiro atoms. The maximum Gasteiger partial charge on any atom is 0.264 e. The van der Waals surface area contributed by atoms with Gasteiger partial charge in [0, 0.05) is 12.6 Å². The van der Waals surface area contributed by atoms with Crippen molar-refractivity contribution < 1.29 is 0 Å². The van der Waals surface area contributed by atoms with E-state index >= 15 is 0 Å². The predicted molar refractivity (Wildman–Crippen MR) is 55.2 cm³/mol. The van der Waals surface area contributed by atoms with Gasteiger partial charge in [-0.3, -0.25) is 4.79 Å². The molecular formula is C10H15N3O. The van der Waals surface area contributed by atoms with Crippen LogP contribution in [0.5, 0.6) is 0 Å². The largest absolute Gasteiger partial charge is 0.368 e. The summed E-state index contributed by atoms with van der Waals surface area (Å²) in [6.07, 6.45) is 2.73. The van der Waals surface area contributed by atoms with Crippen molar-refractivity contribution in [2.75, 3.05) is 11.9 Å². The number of H-pyrrole nitrogens is 1. The third-order valence-corrected chi connectivity index (χ3v) is 2.71. The zero-order chi connectivity index (χ0) is 9.97. The molecule has 1 fully saturated rings. The molecule has 1 heterocycles. The van der Waals surface area contributed by atoms with Crippen LogP contribution in [0.3, 0.4) is 0 Å². The maximum absolute atomic E-state index is 10.7. The fraction of sp³-hybridized carbons (Fsp3) is 0.600. The minimum absolute atomic E-state index is 0.161. The van der Waals surface area contributed by atoms with Crippen LogP contribution in [0.2, 0.25) is 0 Å². The van der Waals surface area contributed by atoms with Crippen molar-refractivity contribution in [3.63, 3.8) is 0 Å². The normalized spacial score (nSPS) is 17.8. The molecule has 0 saturated heterocycles. The summed E-state index contributed by atoms with van der Waals surface area (Å²) < 4.78 is 0. The molecule has 0 bridgehead atoms. The monoisotopic (exact) mass is 193 g/mol. The van der Waals surface area contributed by atoms with Crippen LogP contribution < -0.4 is 10.9 Å². The SMILES string of the molecule is CC(CNc1ccc(=O)[nH]n1)C1CC1. The van der Waals surface area contributed by atoms with E-state index in [9.17, 15) is 4.79 Å². The van der Waals surface area contributed by atoms with Gasteiger partial charge in [0.1, 0.15) is 5.82 Å². The highest BCUT2D eigenvalue weighted by atomic mass is 16.1. The molecule has 0 aromatic carbocycles. The van der Waals surface area contributed by atoms with Crippen LogP contribution >= 0.6 is 0 Å². The molecule has 1 atom stereocenters. The van der Waals surface area contributed by atoms with E-state index in [1.807, 2.05) is 0 Å². The summed E-state index contributed by atoms with van der Waals surface area (Å²) in [5, 5.41) is 9.49. The third-order valence-electron chi connectivity index (χ3n) is 2.71. The van der Waals surface area contributed by atoms with Gasteiger partial charge >= 0.3 is 0 Å². The Kier molecular flexibility index (Phi) is 2.52. The first kappa shape index (κ1) is 9.24. The first-order chi connectivity index (χ1) is 6.75. The van der Waals surface area contributed by atoms with E-state index in [0.717, 1.165) is 18.3 Å². The Labute approximate surface area is 82.7 Å². The summed E-state index contributed by atoms with van der Waals surface area (Å²) in [5.74, 6) is 2.34. The van der Waals surface area contributed by atoms with Gasteiger partial charge in [0.05, 0.1) is 0 Å². The minimum atomic E-state index is -0.161. The number of rotatable bonds is 4. The van der Waals surface area contributed by atoms with Crippen molar-refractivity contribution in [3.8, 4) is 0 Å². The number of nitrogens with zero attached hydrogens (tertiary/aromatic N) is 1. The van der Waals surface area contributed by atoms with Crippen LogP contribution in [0.1, 0.15) is 19.8 Å². The van der Waals surface area contributed by atoms with Crippen molar-refractivity contribution in [3.05, 3.63) is 22.5 Å². The smallest absolute Gasteiger partial charge is 0.264 e. The average molecular weight is 193 g/mol. The highest BCUT2D eigenvalue weighted by Gasteiger charge is 2.27. The second-order valence-electron chi connectivity index (χ2n) is 4.00. The van der Waals surface area contributed by atoms with Gasteiger partial charge in [0.2, 0.25) is 0 Å². The van der Waals surface area contributed by atoms with Crippen LogP contribution in [0.25, 0.3) is 0 Å². The molecule has 1 aliphatic rings. The van der Waals surface area contributed by atoms with Crippen LogP contribution in [0, 0.1) is 11.8 Å². The molecule has 0 aliphatic heterocycles. The number of aromatic amines is 1. The van der Waals surface area contributed by atoms with Crippen LogP contribution in [-0.2, 0) is 0 Å².